The number of benzene rings is 2. The van der Waals surface area contributed by atoms with Crippen LogP contribution in [0.3, 0.4) is 0 Å². The fourth-order valence-electron chi connectivity index (χ4n) is 3.65. The Bertz CT molecular complexity index is 1240. The third-order valence-corrected chi connectivity index (χ3v) is 5.97. The molecular weight excluding hydrogens is 484 g/mol. The lowest BCUT2D eigenvalue weighted by Gasteiger charge is -2.17. The number of carbonyl (C=O) groups is 1. The number of amides is 1. The minimum absolute atomic E-state index is 0.00299. The average molecular weight is 504 g/mol. The summed E-state index contributed by atoms with van der Waals surface area (Å²) in [4.78, 5) is 31.9. The molecule has 6 nitrogen and oxygen atoms in total. The summed E-state index contributed by atoms with van der Waals surface area (Å²) in [5.74, 6) is -1.17. The zero-order valence-corrected chi connectivity index (χ0v) is 18.9. The van der Waals surface area contributed by atoms with Crippen molar-refractivity contribution in [1.29, 1.82) is 0 Å². The molecule has 1 amide bonds. The second-order valence-electron chi connectivity index (χ2n) is 7.49. The van der Waals surface area contributed by atoms with Gasteiger partial charge in [0.1, 0.15) is 28.5 Å². The van der Waals surface area contributed by atoms with Gasteiger partial charge in [-0.15, -0.1) is 0 Å². The molecule has 0 N–H and O–H groups in total. The Balaban J connectivity index is 1.62. The second kappa shape index (κ2) is 9.20. The number of aryl methyl sites for hydroxylation is 1. The Hall–Kier alpha value is -3.07. The normalized spacial score (nSPS) is 13.4. The van der Waals surface area contributed by atoms with Gasteiger partial charge in [-0.3, -0.25) is 14.2 Å². The maximum Gasteiger partial charge on any atom is 0.276 e. The molecule has 4 rings (SSSR count). The van der Waals surface area contributed by atoms with Gasteiger partial charge in [0, 0.05) is 30.3 Å². The van der Waals surface area contributed by atoms with Crippen LogP contribution in [-0.2, 0) is 6.61 Å². The molecule has 0 unspecified atom stereocenters. The molecule has 1 aliphatic heterocycles. The van der Waals surface area contributed by atoms with Crippen molar-refractivity contribution in [2.24, 2.45) is 0 Å². The Kier molecular flexibility index (Phi) is 6.36. The molecule has 0 radical (unpaired) electrons. The summed E-state index contributed by atoms with van der Waals surface area (Å²) in [7, 11) is 0. The van der Waals surface area contributed by atoms with Crippen LogP contribution >= 0.6 is 15.9 Å². The zero-order chi connectivity index (χ0) is 22.8. The summed E-state index contributed by atoms with van der Waals surface area (Å²) in [6, 6.07) is 10.00. The van der Waals surface area contributed by atoms with E-state index < -0.39 is 17.2 Å². The molecular formula is C23H20BrF2N3O3. The average Bonchev–Trinajstić information content (AvgIpc) is 3.31. The summed E-state index contributed by atoms with van der Waals surface area (Å²) >= 11 is 3.22. The molecule has 0 aliphatic carbocycles. The highest BCUT2D eigenvalue weighted by Crippen LogP contribution is 2.23. The summed E-state index contributed by atoms with van der Waals surface area (Å²) in [6.45, 7) is 2.88. The van der Waals surface area contributed by atoms with Crippen molar-refractivity contribution < 1.29 is 18.3 Å². The third-order valence-electron chi connectivity index (χ3n) is 5.29. The van der Waals surface area contributed by atoms with Gasteiger partial charge in [-0.25, -0.2) is 8.78 Å². The monoisotopic (exact) mass is 503 g/mol. The van der Waals surface area contributed by atoms with Crippen LogP contribution in [0.2, 0.25) is 0 Å². The van der Waals surface area contributed by atoms with Gasteiger partial charge in [-0.2, -0.15) is 4.98 Å². The predicted octanol–water partition coefficient (Wildman–Crippen LogP) is 4.40. The first kappa shape index (κ1) is 22.1. The van der Waals surface area contributed by atoms with E-state index in [1.807, 2.05) is 0 Å². The Morgan fingerprint density at radius 2 is 1.91 bits per heavy atom. The number of likely N-dealkylation sites (tertiary alicyclic amines) is 1. The summed E-state index contributed by atoms with van der Waals surface area (Å²) in [5.41, 5.74) is 0.703. The molecule has 2 aromatic carbocycles. The van der Waals surface area contributed by atoms with E-state index in [4.69, 9.17) is 4.74 Å². The van der Waals surface area contributed by atoms with Crippen molar-refractivity contribution in [3.63, 3.8) is 0 Å². The standard InChI is InChI=1S/C23H20BrF2N3O3/c1-14-27-21(32-13-16-7-8-17(25)12-19(16)26)20(24)23(31)29(14)18-6-4-5-15(11-18)22(30)28-9-2-3-10-28/h4-8,11-12H,2-3,9-10,13H2,1H3. The van der Waals surface area contributed by atoms with Crippen LogP contribution in [0.15, 0.2) is 51.7 Å². The number of ether oxygens (including phenoxy) is 1. The Morgan fingerprint density at radius 3 is 2.62 bits per heavy atom. The number of hydrogen-bond donors (Lipinski definition) is 0. The predicted molar refractivity (Wildman–Crippen MR) is 118 cm³/mol. The SMILES string of the molecule is Cc1nc(OCc2ccc(F)cc2F)c(Br)c(=O)n1-c1cccc(C(=O)N2CCCC2)c1. The topological polar surface area (TPSA) is 64.4 Å². The van der Waals surface area contributed by atoms with Gasteiger partial charge in [0.25, 0.3) is 11.5 Å². The van der Waals surface area contributed by atoms with E-state index in [2.05, 4.69) is 20.9 Å². The lowest BCUT2D eigenvalue weighted by Crippen LogP contribution is -2.28. The maximum atomic E-state index is 13.9. The van der Waals surface area contributed by atoms with Crippen molar-refractivity contribution in [3.05, 3.63) is 85.9 Å². The highest BCUT2D eigenvalue weighted by atomic mass is 79.9. The van der Waals surface area contributed by atoms with Gasteiger partial charge in [0.2, 0.25) is 5.88 Å². The number of carbonyl (C=O) groups excluding carboxylic acids is 1. The molecule has 0 saturated carbocycles. The molecule has 3 aromatic rings. The minimum Gasteiger partial charge on any atom is -0.472 e. The third kappa shape index (κ3) is 4.43. The molecule has 166 valence electrons. The summed E-state index contributed by atoms with van der Waals surface area (Å²) < 4.78 is 33.9. The molecule has 1 fully saturated rings. The van der Waals surface area contributed by atoms with Crippen LogP contribution in [-0.4, -0.2) is 33.4 Å². The Morgan fingerprint density at radius 1 is 1.16 bits per heavy atom. The summed E-state index contributed by atoms with van der Waals surface area (Å²) in [6.07, 6.45) is 1.98. The van der Waals surface area contributed by atoms with Crippen molar-refractivity contribution in [3.8, 4) is 11.6 Å². The number of aromatic nitrogens is 2. The summed E-state index contributed by atoms with van der Waals surface area (Å²) in [5, 5.41) is 0. The number of nitrogens with zero attached hydrogens (tertiary/aromatic N) is 3. The molecule has 2 heterocycles. The first-order valence-corrected chi connectivity index (χ1v) is 10.9. The van der Waals surface area contributed by atoms with Crippen molar-refractivity contribution in [1.82, 2.24) is 14.5 Å². The van der Waals surface area contributed by atoms with Crippen LogP contribution < -0.4 is 10.3 Å². The number of halogens is 3. The largest absolute Gasteiger partial charge is 0.472 e. The van der Waals surface area contributed by atoms with Gasteiger partial charge >= 0.3 is 0 Å². The molecule has 0 spiro atoms. The van der Waals surface area contributed by atoms with Crippen LogP contribution in [0, 0.1) is 18.6 Å². The van der Waals surface area contributed by atoms with Crippen LogP contribution in [0.4, 0.5) is 8.78 Å². The van der Waals surface area contributed by atoms with Gasteiger partial charge in [0.15, 0.2) is 0 Å². The van der Waals surface area contributed by atoms with E-state index in [0.29, 0.717) is 17.1 Å². The van der Waals surface area contributed by atoms with E-state index in [0.717, 1.165) is 38.1 Å². The van der Waals surface area contributed by atoms with E-state index in [-0.39, 0.29) is 28.4 Å². The molecule has 32 heavy (non-hydrogen) atoms. The first-order valence-electron chi connectivity index (χ1n) is 10.1. The molecule has 1 aliphatic rings. The minimum atomic E-state index is -0.745. The molecule has 1 aromatic heterocycles. The lowest BCUT2D eigenvalue weighted by molar-refractivity contribution is 0.0792. The van der Waals surface area contributed by atoms with E-state index in [9.17, 15) is 18.4 Å². The molecule has 0 bridgehead atoms. The van der Waals surface area contributed by atoms with Crippen molar-refractivity contribution in [2.75, 3.05) is 13.1 Å². The fourth-order valence-corrected chi connectivity index (χ4v) is 4.03. The smallest absolute Gasteiger partial charge is 0.276 e. The van der Waals surface area contributed by atoms with Gasteiger partial charge in [0.05, 0.1) is 5.69 Å². The van der Waals surface area contributed by atoms with Gasteiger partial charge < -0.3 is 9.64 Å². The van der Waals surface area contributed by atoms with E-state index in [1.54, 1.807) is 36.1 Å². The molecule has 1 saturated heterocycles. The first-order chi connectivity index (χ1) is 15.3. The second-order valence-corrected chi connectivity index (χ2v) is 8.29. The lowest BCUT2D eigenvalue weighted by atomic mass is 10.1. The van der Waals surface area contributed by atoms with Crippen LogP contribution in [0.1, 0.15) is 34.6 Å². The number of rotatable bonds is 5. The highest BCUT2D eigenvalue weighted by Gasteiger charge is 2.21. The number of hydrogen-bond acceptors (Lipinski definition) is 4. The maximum absolute atomic E-state index is 13.9. The van der Waals surface area contributed by atoms with E-state index in [1.165, 1.54) is 10.6 Å². The Labute approximate surface area is 191 Å². The quantitative estimate of drug-likeness (QED) is 0.517. The zero-order valence-electron chi connectivity index (χ0n) is 17.3. The van der Waals surface area contributed by atoms with Gasteiger partial charge in [-0.1, -0.05) is 6.07 Å². The van der Waals surface area contributed by atoms with Crippen LogP contribution in [0.5, 0.6) is 5.88 Å². The fraction of sp³-hybridized carbons (Fsp3) is 0.261. The van der Waals surface area contributed by atoms with Crippen molar-refractivity contribution in [2.45, 2.75) is 26.4 Å². The molecule has 9 heteroatoms. The highest BCUT2D eigenvalue weighted by molar-refractivity contribution is 9.10. The van der Waals surface area contributed by atoms with Crippen LogP contribution in [0.25, 0.3) is 5.69 Å². The molecule has 0 atom stereocenters. The van der Waals surface area contributed by atoms with Gasteiger partial charge in [-0.05, 0) is 66.0 Å². The van der Waals surface area contributed by atoms with Crippen molar-refractivity contribution >= 4 is 21.8 Å². The van der Waals surface area contributed by atoms with E-state index >= 15 is 0 Å².